The van der Waals surface area contributed by atoms with Gasteiger partial charge in [0, 0.05) is 4.43 Å². The Kier molecular flexibility index (Phi) is 3.90. The van der Waals surface area contributed by atoms with Crippen LogP contribution in [-0.2, 0) is 4.74 Å². The second-order valence-electron chi connectivity index (χ2n) is 4.43. The van der Waals surface area contributed by atoms with Gasteiger partial charge in [0.2, 0.25) is 0 Å². The standard InChI is InChI=1S/C11H19IO/c12-8-10-6-7-11(13-10)9-4-2-1-3-5-9/h9-11H,1-8H2/t10-,11-/m1/s1. The van der Waals surface area contributed by atoms with Gasteiger partial charge < -0.3 is 4.74 Å². The first kappa shape index (κ1) is 10.2. The molecule has 1 nitrogen and oxygen atoms in total. The molecule has 0 unspecified atom stereocenters. The Hall–Kier alpha value is 0.690. The highest BCUT2D eigenvalue weighted by molar-refractivity contribution is 14.1. The minimum absolute atomic E-state index is 0.576. The van der Waals surface area contributed by atoms with Crippen LogP contribution in [0.25, 0.3) is 0 Å². The minimum atomic E-state index is 0.576. The second kappa shape index (κ2) is 4.96. The van der Waals surface area contributed by atoms with Crippen molar-refractivity contribution in [3.05, 3.63) is 0 Å². The number of hydrogen-bond acceptors (Lipinski definition) is 1. The molecule has 0 aromatic rings. The van der Waals surface area contributed by atoms with Crippen molar-refractivity contribution in [2.75, 3.05) is 4.43 Å². The first-order valence-corrected chi connectivity index (χ1v) is 7.14. The van der Waals surface area contributed by atoms with E-state index in [-0.39, 0.29) is 0 Å². The van der Waals surface area contributed by atoms with Gasteiger partial charge in [-0.2, -0.15) is 0 Å². The number of hydrogen-bond donors (Lipinski definition) is 0. The van der Waals surface area contributed by atoms with Crippen molar-refractivity contribution in [2.24, 2.45) is 5.92 Å². The van der Waals surface area contributed by atoms with Gasteiger partial charge in [0.05, 0.1) is 12.2 Å². The Morgan fingerprint density at radius 3 is 2.38 bits per heavy atom. The van der Waals surface area contributed by atoms with E-state index in [1.165, 1.54) is 49.4 Å². The van der Waals surface area contributed by atoms with Crippen LogP contribution in [0, 0.1) is 5.92 Å². The van der Waals surface area contributed by atoms with Crippen LogP contribution in [0.3, 0.4) is 0 Å². The third-order valence-electron chi connectivity index (χ3n) is 3.49. The Morgan fingerprint density at radius 2 is 1.77 bits per heavy atom. The summed E-state index contributed by atoms with van der Waals surface area (Å²) in [5.74, 6) is 0.904. The topological polar surface area (TPSA) is 9.23 Å². The highest BCUT2D eigenvalue weighted by atomic mass is 127. The first-order chi connectivity index (χ1) is 6.40. The molecule has 1 saturated heterocycles. The zero-order chi connectivity index (χ0) is 9.10. The van der Waals surface area contributed by atoms with Gasteiger partial charge in [-0.3, -0.25) is 0 Å². The summed E-state index contributed by atoms with van der Waals surface area (Å²) in [6.45, 7) is 0. The van der Waals surface area contributed by atoms with Crippen molar-refractivity contribution in [3.8, 4) is 0 Å². The van der Waals surface area contributed by atoms with Crippen LogP contribution in [-0.4, -0.2) is 16.6 Å². The molecule has 0 bridgehead atoms. The fraction of sp³-hybridized carbons (Fsp3) is 1.00. The maximum absolute atomic E-state index is 6.04. The number of ether oxygens (including phenoxy) is 1. The van der Waals surface area contributed by atoms with E-state index < -0.39 is 0 Å². The van der Waals surface area contributed by atoms with Crippen molar-refractivity contribution in [3.63, 3.8) is 0 Å². The quantitative estimate of drug-likeness (QED) is 0.559. The molecule has 0 spiro atoms. The fourth-order valence-corrected chi connectivity index (χ4v) is 3.35. The lowest BCUT2D eigenvalue weighted by Crippen LogP contribution is -2.23. The van der Waals surface area contributed by atoms with E-state index in [0.29, 0.717) is 12.2 Å². The smallest absolute Gasteiger partial charge is 0.0669 e. The molecule has 2 rings (SSSR count). The molecule has 1 aliphatic heterocycles. The molecule has 1 heterocycles. The van der Waals surface area contributed by atoms with Crippen LogP contribution < -0.4 is 0 Å². The summed E-state index contributed by atoms with van der Waals surface area (Å²) in [6, 6.07) is 0. The molecule has 0 amide bonds. The summed E-state index contributed by atoms with van der Waals surface area (Å²) in [6.07, 6.45) is 11.0. The molecule has 2 fully saturated rings. The lowest BCUT2D eigenvalue weighted by molar-refractivity contribution is 0.0114. The predicted molar refractivity (Wildman–Crippen MR) is 63.4 cm³/mol. The molecule has 76 valence electrons. The van der Waals surface area contributed by atoms with Crippen LogP contribution in [0.2, 0.25) is 0 Å². The van der Waals surface area contributed by atoms with Crippen molar-refractivity contribution in [2.45, 2.75) is 57.2 Å². The van der Waals surface area contributed by atoms with E-state index in [2.05, 4.69) is 22.6 Å². The van der Waals surface area contributed by atoms with Crippen molar-refractivity contribution < 1.29 is 4.74 Å². The Bertz CT molecular complexity index is 154. The van der Waals surface area contributed by atoms with Gasteiger partial charge in [-0.05, 0) is 31.6 Å². The van der Waals surface area contributed by atoms with Gasteiger partial charge in [0.1, 0.15) is 0 Å². The summed E-state index contributed by atoms with van der Waals surface area (Å²) in [7, 11) is 0. The lowest BCUT2D eigenvalue weighted by atomic mass is 9.84. The first-order valence-electron chi connectivity index (χ1n) is 5.61. The molecule has 0 radical (unpaired) electrons. The van der Waals surface area contributed by atoms with Crippen molar-refractivity contribution in [1.82, 2.24) is 0 Å². The maximum atomic E-state index is 6.04. The van der Waals surface area contributed by atoms with Gasteiger partial charge in [0.15, 0.2) is 0 Å². The summed E-state index contributed by atoms with van der Waals surface area (Å²) in [5, 5.41) is 0. The highest BCUT2D eigenvalue weighted by Gasteiger charge is 2.31. The fourth-order valence-electron chi connectivity index (χ4n) is 2.70. The highest BCUT2D eigenvalue weighted by Crippen LogP contribution is 2.34. The third kappa shape index (κ3) is 2.58. The van der Waals surface area contributed by atoms with Crippen LogP contribution in [0.4, 0.5) is 0 Å². The number of halogens is 1. The van der Waals surface area contributed by atoms with E-state index in [1.54, 1.807) is 0 Å². The van der Waals surface area contributed by atoms with Gasteiger partial charge in [-0.25, -0.2) is 0 Å². The number of rotatable bonds is 2. The molecule has 13 heavy (non-hydrogen) atoms. The summed E-state index contributed by atoms with van der Waals surface area (Å²) >= 11 is 2.45. The molecule has 0 aromatic carbocycles. The van der Waals surface area contributed by atoms with Crippen LogP contribution in [0.15, 0.2) is 0 Å². The van der Waals surface area contributed by atoms with Crippen LogP contribution in [0.5, 0.6) is 0 Å². The normalized spacial score (nSPS) is 36.7. The van der Waals surface area contributed by atoms with E-state index >= 15 is 0 Å². The average Bonchev–Trinajstić information content (AvgIpc) is 2.67. The average molecular weight is 294 g/mol. The molecule has 2 aliphatic rings. The van der Waals surface area contributed by atoms with Crippen LogP contribution in [0.1, 0.15) is 44.9 Å². The lowest BCUT2D eigenvalue weighted by Gasteiger charge is -2.27. The molecule has 1 aliphatic carbocycles. The van der Waals surface area contributed by atoms with E-state index in [9.17, 15) is 0 Å². The van der Waals surface area contributed by atoms with Crippen LogP contribution >= 0.6 is 22.6 Å². The third-order valence-corrected chi connectivity index (χ3v) is 4.47. The monoisotopic (exact) mass is 294 g/mol. The molecular weight excluding hydrogens is 275 g/mol. The molecule has 2 atom stereocenters. The number of alkyl halides is 1. The molecule has 1 saturated carbocycles. The van der Waals surface area contributed by atoms with Gasteiger partial charge in [-0.15, -0.1) is 0 Å². The maximum Gasteiger partial charge on any atom is 0.0669 e. The van der Waals surface area contributed by atoms with E-state index in [0.717, 1.165) is 5.92 Å². The summed E-state index contributed by atoms with van der Waals surface area (Å²) < 4.78 is 7.22. The van der Waals surface area contributed by atoms with E-state index in [4.69, 9.17) is 4.74 Å². The largest absolute Gasteiger partial charge is 0.374 e. The zero-order valence-corrected chi connectivity index (χ0v) is 10.3. The van der Waals surface area contributed by atoms with Gasteiger partial charge in [0.25, 0.3) is 0 Å². The molecule has 2 heteroatoms. The summed E-state index contributed by atoms with van der Waals surface area (Å²) in [5.41, 5.74) is 0. The minimum Gasteiger partial charge on any atom is -0.374 e. The molecule has 0 N–H and O–H groups in total. The SMILES string of the molecule is IC[C@H]1CC[C@H](C2CCCCC2)O1. The predicted octanol–water partition coefficient (Wildman–Crippen LogP) is 3.55. The van der Waals surface area contributed by atoms with Gasteiger partial charge in [-0.1, -0.05) is 41.9 Å². The van der Waals surface area contributed by atoms with E-state index in [1.807, 2.05) is 0 Å². The molecule has 0 aromatic heterocycles. The molecular formula is C11H19IO. The van der Waals surface area contributed by atoms with Crippen molar-refractivity contribution in [1.29, 1.82) is 0 Å². The second-order valence-corrected chi connectivity index (χ2v) is 5.31. The van der Waals surface area contributed by atoms with Crippen molar-refractivity contribution >= 4 is 22.6 Å². The Labute approximate surface area is 94.8 Å². The Morgan fingerprint density at radius 1 is 1.00 bits per heavy atom. The summed E-state index contributed by atoms with van der Waals surface area (Å²) in [4.78, 5) is 0. The Balaban J connectivity index is 1.80. The van der Waals surface area contributed by atoms with Gasteiger partial charge >= 0.3 is 0 Å². The zero-order valence-electron chi connectivity index (χ0n) is 8.18.